The molecule has 0 aromatic heterocycles. The van der Waals surface area contributed by atoms with Crippen LogP contribution in [0.5, 0.6) is 0 Å². The van der Waals surface area contributed by atoms with Gasteiger partial charge in [-0.15, -0.1) is 0 Å². The van der Waals surface area contributed by atoms with E-state index in [1.54, 1.807) is 0 Å². The molecule has 0 rings (SSSR count). The Morgan fingerprint density at radius 3 is 1.90 bits per heavy atom. The van der Waals surface area contributed by atoms with Crippen molar-refractivity contribution in [2.45, 2.75) is 58.3 Å². The van der Waals surface area contributed by atoms with Gasteiger partial charge in [0.25, 0.3) is 0 Å². The van der Waals surface area contributed by atoms with Crippen LogP contribution >= 0.6 is 0 Å². The highest BCUT2D eigenvalue weighted by molar-refractivity contribution is 6.87. The first kappa shape index (κ1) is 20.6. The number of alkyl carbamates (subject to hydrolysis) is 1. The lowest BCUT2D eigenvalue weighted by molar-refractivity contribution is 0.185. The van der Waals surface area contributed by atoms with Crippen LogP contribution in [0, 0.1) is 0 Å². The fourth-order valence-corrected chi connectivity index (χ4v) is 14.7. The van der Waals surface area contributed by atoms with E-state index < -0.39 is 31.3 Å². The maximum absolute atomic E-state index is 11.2. The largest absolute Gasteiger partial charge is 0.437 e. The zero-order valence-corrected chi connectivity index (χ0v) is 17.5. The molecule has 0 heterocycles. The Kier molecular flexibility index (Phi) is 8.11. The molecule has 0 unspecified atom stereocenters. The van der Waals surface area contributed by atoms with Crippen LogP contribution in [0.3, 0.4) is 0 Å². The van der Waals surface area contributed by atoms with Crippen molar-refractivity contribution >= 4 is 31.3 Å². The summed E-state index contributed by atoms with van der Waals surface area (Å²) in [7, 11) is -5.51. The summed E-state index contributed by atoms with van der Waals surface area (Å²) >= 11 is 0. The third-order valence-corrected chi connectivity index (χ3v) is 11.9. The Morgan fingerprint density at radius 2 is 1.52 bits per heavy atom. The number of nitrogens with one attached hydrogen (secondary N) is 1. The first-order valence-electron chi connectivity index (χ1n) is 7.33. The lowest BCUT2D eigenvalue weighted by atomic mass is 10.5. The van der Waals surface area contributed by atoms with E-state index in [-0.39, 0.29) is 0 Å². The first-order chi connectivity index (χ1) is 9.37. The quantitative estimate of drug-likeness (QED) is 0.388. The molecule has 0 aliphatic rings. The van der Waals surface area contributed by atoms with Crippen LogP contribution in [0.4, 0.5) is 4.79 Å². The molecule has 1 N–H and O–H groups in total. The minimum absolute atomic E-state index is 0.467. The van der Waals surface area contributed by atoms with Gasteiger partial charge < -0.3 is 18.3 Å². The van der Waals surface area contributed by atoms with Gasteiger partial charge in [0.2, 0.25) is 0 Å². The molecule has 21 heavy (non-hydrogen) atoms. The molecule has 0 saturated heterocycles. The number of hydrogen-bond acceptors (Lipinski definition) is 4. The number of hydrogen-bond donors (Lipinski definition) is 1. The van der Waals surface area contributed by atoms with Crippen molar-refractivity contribution in [3.8, 4) is 0 Å². The Morgan fingerprint density at radius 1 is 1.05 bits per heavy atom. The summed E-state index contributed by atoms with van der Waals surface area (Å²) in [5, 5.41) is 2.68. The third-order valence-electron chi connectivity index (χ3n) is 2.31. The van der Waals surface area contributed by atoms with Crippen LogP contribution in [0.2, 0.25) is 51.9 Å². The zero-order chi connectivity index (χ0) is 16.7. The maximum atomic E-state index is 11.2. The molecule has 0 saturated carbocycles. The van der Waals surface area contributed by atoms with Crippen LogP contribution in [0.25, 0.3) is 0 Å². The van der Waals surface area contributed by atoms with Gasteiger partial charge >= 0.3 is 14.7 Å². The molecule has 0 radical (unpaired) electrons. The lowest BCUT2D eigenvalue weighted by Gasteiger charge is -2.38. The summed E-state index contributed by atoms with van der Waals surface area (Å²) in [6, 6.07) is 0.871. The molecule has 8 heteroatoms. The lowest BCUT2D eigenvalue weighted by Crippen LogP contribution is -2.52. The predicted octanol–water partition coefficient (Wildman–Crippen LogP) is 4.02. The SMILES string of the molecule is C=COC(=O)NCCC[Si](C)(O[Si](C)(C)C)O[Si](C)(C)C. The van der Waals surface area contributed by atoms with E-state index in [0.29, 0.717) is 6.54 Å². The van der Waals surface area contributed by atoms with Crippen LogP contribution < -0.4 is 5.32 Å². The molecule has 0 aliphatic heterocycles. The minimum Gasteiger partial charge on any atom is -0.437 e. The van der Waals surface area contributed by atoms with Crippen molar-refractivity contribution in [1.29, 1.82) is 0 Å². The molecule has 124 valence electrons. The standard InChI is InChI=1S/C13H31NO4Si3/c1-9-16-13(15)14-11-10-12-21(8,17-19(2,3)4)18-20(5,6)7/h9H,1,10-12H2,2-8H3,(H,14,15). The van der Waals surface area contributed by atoms with E-state index in [2.05, 4.69) is 62.5 Å². The van der Waals surface area contributed by atoms with E-state index in [4.69, 9.17) is 8.23 Å². The number of amides is 1. The summed E-state index contributed by atoms with van der Waals surface area (Å²) < 4.78 is 17.4. The van der Waals surface area contributed by atoms with Gasteiger partial charge in [0.15, 0.2) is 16.6 Å². The molecular weight excluding hydrogens is 318 g/mol. The number of ether oxygens (including phenoxy) is 1. The highest BCUT2D eigenvalue weighted by Crippen LogP contribution is 2.25. The van der Waals surface area contributed by atoms with Crippen molar-refractivity contribution in [2.75, 3.05) is 6.54 Å². The monoisotopic (exact) mass is 349 g/mol. The highest BCUT2D eigenvalue weighted by Gasteiger charge is 2.39. The molecule has 5 nitrogen and oxygen atoms in total. The fourth-order valence-electron chi connectivity index (χ4n) is 2.14. The van der Waals surface area contributed by atoms with Crippen molar-refractivity contribution in [3.05, 3.63) is 12.8 Å². The van der Waals surface area contributed by atoms with Crippen LogP contribution in [-0.2, 0) is 13.0 Å². The van der Waals surface area contributed by atoms with Gasteiger partial charge in [-0.1, -0.05) is 6.58 Å². The molecule has 0 bridgehead atoms. The number of carbonyl (C=O) groups is 1. The highest BCUT2D eigenvalue weighted by atomic mass is 28.5. The summed E-state index contributed by atoms with van der Waals surface area (Å²) in [5.41, 5.74) is 0. The van der Waals surface area contributed by atoms with Gasteiger partial charge in [-0.05, 0) is 58.3 Å². The second-order valence-electron chi connectivity index (χ2n) is 7.16. The van der Waals surface area contributed by atoms with Crippen molar-refractivity contribution < 1.29 is 17.8 Å². The smallest absolute Gasteiger partial charge is 0.411 e. The Balaban J connectivity index is 4.48. The van der Waals surface area contributed by atoms with Gasteiger partial charge in [0.05, 0.1) is 6.26 Å². The van der Waals surface area contributed by atoms with E-state index in [1.807, 2.05) is 0 Å². The second kappa shape index (κ2) is 8.28. The van der Waals surface area contributed by atoms with Gasteiger partial charge in [0, 0.05) is 6.54 Å². The number of carbonyl (C=O) groups excluding carboxylic acids is 1. The Bertz CT molecular complexity index is 334. The summed E-state index contributed by atoms with van der Waals surface area (Å²) in [5.74, 6) is 0. The normalized spacial score (nSPS) is 12.9. The van der Waals surface area contributed by atoms with Crippen molar-refractivity contribution in [3.63, 3.8) is 0 Å². The average Bonchev–Trinajstić information content (AvgIpc) is 2.19. The average molecular weight is 350 g/mol. The number of rotatable bonds is 9. The van der Waals surface area contributed by atoms with Gasteiger partial charge in [-0.2, -0.15) is 0 Å². The Hall–Kier alpha value is -0.419. The van der Waals surface area contributed by atoms with Crippen molar-refractivity contribution in [1.82, 2.24) is 5.32 Å². The summed E-state index contributed by atoms with van der Waals surface area (Å²) in [6.07, 6.45) is 1.48. The third kappa shape index (κ3) is 11.9. The van der Waals surface area contributed by atoms with E-state index >= 15 is 0 Å². The molecule has 0 aromatic rings. The Labute approximate surface area is 132 Å². The maximum Gasteiger partial charge on any atom is 0.411 e. The van der Waals surface area contributed by atoms with Crippen LogP contribution in [0.15, 0.2) is 12.8 Å². The fraction of sp³-hybridized carbons (Fsp3) is 0.769. The van der Waals surface area contributed by atoms with E-state index in [1.165, 1.54) is 0 Å². The van der Waals surface area contributed by atoms with Gasteiger partial charge in [0.1, 0.15) is 0 Å². The van der Waals surface area contributed by atoms with Crippen LogP contribution in [-0.4, -0.2) is 37.8 Å². The topological polar surface area (TPSA) is 56.8 Å². The molecule has 0 atom stereocenters. The zero-order valence-electron chi connectivity index (χ0n) is 14.5. The molecule has 0 aliphatic carbocycles. The van der Waals surface area contributed by atoms with E-state index in [9.17, 15) is 4.79 Å². The van der Waals surface area contributed by atoms with Gasteiger partial charge in [-0.25, -0.2) is 4.79 Å². The minimum atomic E-state index is -2.20. The molecule has 1 amide bonds. The molecule has 0 spiro atoms. The van der Waals surface area contributed by atoms with Crippen molar-refractivity contribution in [2.24, 2.45) is 0 Å². The van der Waals surface area contributed by atoms with E-state index in [0.717, 1.165) is 18.7 Å². The molecule has 0 aromatic carbocycles. The summed E-state index contributed by atoms with van der Waals surface area (Å²) in [6.45, 7) is 19.2. The second-order valence-corrected chi connectivity index (χ2v) is 20.0. The van der Waals surface area contributed by atoms with Crippen LogP contribution in [0.1, 0.15) is 6.42 Å². The van der Waals surface area contributed by atoms with Gasteiger partial charge in [-0.3, -0.25) is 0 Å². The molecule has 0 fully saturated rings. The molecular formula is C13H31NO4Si3. The summed E-state index contributed by atoms with van der Waals surface area (Å²) in [4.78, 5) is 11.2. The first-order valence-corrected chi connectivity index (χ1v) is 16.7. The predicted molar refractivity (Wildman–Crippen MR) is 94.6 cm³/mol.